The van der Waals surface area contributed by atoms with Gasteiger partial charge in [-0.05, 0) is 126 Å². The lowest BCUT2D eigenvalue weighted by molar-refractivity contribution is -0.322. The number of phenolic OH excluding ortho intramolecular Hbond substituents is 1. The molecule has 3 amide bonds. The molecule has 67 heavy (non-hydrogen) atoms. The number of morpholine rings is 1. The van der Waals surface area contributed by atoms with Crippen molar-refractivity contribution in [3.8, 4) is 5.75 Å². The van der Waals surface area contributed by atoms with Gasteiger partial charge >= 0.3 is 0 Å². The maximum Gasteiger partial charge on any atom is 0.281 e. The van der Waals surface area contributed by atoms with Crippen LogP contribution in [0.2, 0.25) is 0 Å². The molecule has 4 fully saturated rings. The molecule has 0 bridgehead atoms. The number of aromatic amines is 1. The standard InChI is InChI=1S/C32H40BrN5O5.C15H21NO2.CH4O3S.ClH/c1-16(2)12-24-29(40)37-11-7-10-25(37)32(42)38(24)30(41)31(43-32,17(3)4)35-28(39)18-13-20-19-8-6-9-22-26(19)21(27(33)34-22)14-23(20)36(5)15-18;1-2-7-16-8-9-18-15-13-10-12(17)5-3-11(13)4-6-14(15)16;1-5(2,3)4;/h6,8-9,13,16-18,23-25,34,42H,7,10-12,14-15H2,1-5H3,(H,35,39);3,5,10,14-15,17H,2,4,6-9H2,1H3;1H3,(H,2,3,4);1H/t18-,23-,24+,25+,31-,32+;14-,15-;;/m11../s1. The molecular formula is C48H66BrClN6O10S. The van der Waals surface area contributed by atoms with Gasteiger partial charge in [0.25, 0.3) is 21.9 Å². The molecule has 0 radical (unpaired) electrons. The number of benzene rings is 2. The van der Waals surface area contributed by atoms with Gasteiger partial charge in [0.2, 0.25) is 17.5 Å². The van der Waals surface area contributed by atoms with Crippen molar-refractivity contribution in [1.29, 1.82) is 0 Å². The van der Waals surface area contributed by atoms with Gasteiger partial charge in [0.15, 0.2) is 0 Å². The van der Waals surface area contributed by atoms with Crippen molar-refractivity contribution < 1.29 is 47.0 Å². The van der Waals surface area contributed by atoms with E-state index in [0.29, 0.717) is 44.0 Å². The van der Waals surface area contributed by atoms with Gasteiger partial charge in [0.05, 0.1) is 29.5 Å². The van der Waals surface area contributed by atoms with E-state index in [2.05, 4.69) is 55.1 Å². The first-order valence-electron chi connectivity index (χ1n) is 23.4. The molecule has 6 heterocycles. The van der Waals surface area contributed by atoms with Crippen molar-refractivity contribution in [3.63, 3.8) is 0 Å². The Morgan fingerprint density at radius 3 is 2.52 bits per heavy atom. The van der Waals surface area contributed by atoms with Crippen molar-refractivity contribution in [1.82, 2.24) is 29.9 Å². The van der Waals surface area contributed by atoms with Crippen LogP contribution in [0, 0.1) is 17.8 Å². The van der Waals surface area contributed by atoms with Gasteiger partial charge < -0.3 is 30.2 Å². The Balaban J connectivity index is 0.000000229. The topological polar surface area (TPSA) is 205 Å². The molecule has 4 saturated heterocycles. The van der Waals surface area contributed by atoms with Crippen molar-refractivity contribution in [2.75, 3.05) is 46.1 Å². The number of hydrogen-bond donors (Lipinski definition) is 5. The predicted molar refractivity (Wildman–Crippen MR) is 260 cm³/mol. The second kappa shape index (κ2) is 19.7. The number of fused-ring (bicyclic) bond motifs is 8. The number of ether oxygens (including phenoxy) is 2. The second-order valence-corrected chi connectivity index (χ2v) is 22.0. The number of nitrogens with zero attached hydrogens (tertiary/aromatic N) is 4. The molecule has 16 nitrogen and oxygen atoms in total. The van der Waals surface area contributed by atoms with Crippen LogP contribution < -0.4 is 5.32 Å². The number of carbonyl (C=O) groups is 3. The number of carbonyl (C=O) groups excluding carboxylic acids is 3. The highest BCUT2D eigenvalue weighted by atomic mass is 79.9. The molecule has 1 aromatic heterocycles. The Hall–Kier alpha value is -3.59. The lowest BCUT2D eigenvalue weighted by Gasteiger charge is -2.49. The molecule has 3 aromatic rings. The zero-order valence-corrected chi connectivity index (χ0v) is 42.5. The zero-order valence-electron chi connectivity index (χ0n) is 39.3. The highest BCUT2D eigenvalue weighted by Crippen LogP contribution is 2.49. The summed E-state index contributed by atoms with van der Waals surface area (Å²) in [6.07, 6.45) is 8.81. The molecular weight excluding hydrogens is 968 g/mol. The Morgan fingerprint density at radius 1 is 1.10 bits per heavy atom. The summed E-state index contributed by atoms with van der Waals surface area (Å²) < 4.78 is 39.3. The van der Waals surface area contributed by atoms with E-state index in [1.165, 1.54) is 39.8 Å². The maximum absolute atomic E-state index is 14.4. The number of likely N-dealkylation sites (N-methyl/N-ethyl adjacent to an activating group) is 1. The minimum atomic E-state index is -3.67. The second-order valence-electron chi connectivity index (χ2n) is 19.7. The number of amides is 3. The summed E-state index contributed by atoms with van der Waals surface area (Å²) >= 11 is 3.70. The molecule has 368 valence electrons. The van der Waals surface area contributed by atoms with Crippen LogP contribution in [-0.4, -0.2) is 147 Å². The van der Waals surface area contributed by atoms with Crippen molar-refractivity contribution in [2.24, 2.45) is 17.8 Å². The highest BCUT2D eigenvalue weighted by Gasteiger charge is 2.72. The molecule has 7 aliphatic rings. The number of aromatic nitrogens is 1. The summed E-state index contributed by atoms with van der Waals surface area (Å²) in [5.41, 5.74) is 5.22. The number of rotatable bonds is 7. The number of hydrogen-bond acceptors (Lipinski definition) is 11. The van der Waals surface area contributed by atoms with Gasteiger partial charge in [-0.15, -0.1) is 12.4 Å². The SMILES string of the molecule is CC(C)C[C@H]1C(=O)N2CCC[C@H]2[C@]2(O)O[C@](NC(=O)[C@@H]3C=C4c5cccc6[nH]c(Br)c(c56)C[C@H]4N(C)C3)(C(C)C)C(=O)N12.CCCN1CCO[C@@H]2c3cc(O)ccc3CC[C@H]21.CS(=O)(=O)O.Cl. The van der Waals surface area contributed by atoms with Gasteiger partial charge in [-0.25, -0.2) is 0 Å². The Bertz CT molecular complexity index is 2510. The molecule has 8 atom stereocenters. The largest absolute Gasteiger partial charge is 0.508 e. The first-order chi connectivity index (χ1) is 31.2. The lowest BCUT2D eigenvalue weighted by atomic mass is 9.79. The highest BCUT2D eigenvalue weighted by molar-refractivity contribution is 9.10. The van der Waals surface area contributed by atoms with E-state index in [9.17, 15) is 33.0 Å². The number of H-pyrrole nitrogens is 1. The molecule has 19 heteroatoms. The van der Waals surface area contributed by atoms with Gasteiger partial charge in [-0.1, -0.05) is 58.9 Å². The number of halogens is 2. The number of nitrogens with one attached hydrogen (secondary N) is 2. The quantitative estimate of drug-likeness (QED) is 0.183. The fourth-order valence-electron chi connectivity index (χ4n) is 11.5. The Labute approximate surface area is 408 Å². The lowest BCUT2D eigenvalue weighted by Crippen LogP contribution is -2.71. The monoisotopic (exact) mass is 1030 g/mol. The third-order valence-corrected chi connectivity index (χ3v) is 15.1. The third kappa shape index (κ3) is 9.55. The number of aromatic hydroxyl groups is 1. The summed E-state index contributed by atoms with van der Waals surface area (Å²) in [7, 11) is -1.64. The summed E-state index contributed by atoms with van der Waals surface area (Å²) in [5, 5.41) is 26.0. The number of piperazine rings is 1. The summed E-state index contributed by atoms with van der Waals surface area (Å²) in [4.78, 5) is 53.4. The van der Waals surface area contributed by atoms with Crippen LogP contribution in [-0.2, 0) is 46.8 Å². The maximum atomic E-state index is 14.4. The Morgan fingerprint density at radius 2 is 1.84 bits per heavy atom. The Kier molecular flexibility index (Phi) is 15.0. The molecule has 10 rings (SSSR count). The molecule has 0 saturated carbocycles. The number of phenols is 1. The molecule has 5 N–H and O–H groups in total. The van der Waals surface area contributed by atoms with Crippen LogP contribution in [0.4, 0.5) is 0 Å². The van der Waals surface area contributed by atoms with Gasteiger partial charge in [0.1, 0.15) is 17.8 Å². The normalized spacial score (nSPS) is 29.9. The van der Waals surface area contributed by atoms with E-state index in [-0.39, 0.29) is 42.3 Å². The molecule has 0 spiro atoms. The average molecular weight is 1030 g/mol. The van der Waals surface area contributed by atoms with Crippen molar-refractivity contribution in [3.05, 3.63) is 69.3 Å². The van der Waals surface area contributed by atoms with E-state index < -0.39 is 51.6 Å². The molecule has 0 unspecified atom stereocenters. The van der Waals surface area contributed by atoms with Gasteiger partial charge in [-0.2, -0.15) is 8.42 Å². The summed E-state index contributed by atoms with van der Waals surface area (Å²) in [6.45, 7) is 13.8. The van der Waals surface area contributed by atoms with Crippen LogP contribution >= 0.6 is 28.3 Å². The van der Waals surface area contributed by atoms with E-state index in [4.69, 9.17) is 14.0 Å². The zero-order chi connectivity index (χ0) is 47.6. The minimum Gasteiger partial charge on any atom is -0.508 e. The van der Waals surface area contributed by atoms with E-state index in [1.807, 2.05) is 45.2 Å². The smallest absolute Gasteiger partial charge is 0.281 e. The van der Waals surface area contributed by atoms with Crippen LogP contribution in [0.1, 0.15) is 95.1 Å². The van der Waals surface area contributed by atoms with Crippen LogP contribution in [0.5, 0.6) is 5.75 Å². The molecule has 5 aliphatic heterocycles. The van der Waals surface area contributed by atoms with E-state index >= 15 is 0 Å². The predicted octanol–water partition coefficient (Wildman–Crippen LogP) is 5.61. The van der Waals surface area contributed by atoms with E-state index in [1.54, 1.807) is 24.8 Å². The fourth-order valence-corrected chi connectivity index (χ4v) is 12.1. The van der Waals surface area contributed by atoms with Crippen LogP contribution in [0.15, 0.2) is 47.1 Å². The molecule has 2 aromatic carbocycles. The summed E-state index contributed by atoms with van der Waals surface area (Å²) in [5.74, 6) is -3.66. The first kappa shape index (κ1) is 51.3. The third-order valence-electron chi connectivity index (χ3n) is 14.4. The minimum absolute atomic E-state index is 0. The summed E-state index contributed by atoms with van der Waals surface area (Å²) in [6, 6.07) is 11.0. The fraction of sp³-hybridized carbons (Fsp3) is 0.604. The number of aliphatic hydroxyl groups is 1. The first-order valence-corrected chi connectivity index (χ1v) is 26.0. The van der Waals surface area contributed by atoms with Crippen molar-refractivity contribution in [2.45, 2.75) is 121 Å². The van der Waals surface area contributed by atoms with Gasteiger partial charge in [-0.3, -0.25) is 38.4 Å². The average Bonchev–Trinajstić information content (AvgIpc) is 3.94. The van der Waals surface area contributed by atoms with E-state index in [0.717, 1.165) is 60.2 Å². The number of aryl methyl sites for hydroxylation is 1. The van der Waals surface area contributed by atoms with Crippen LogP contribution in [0.25, 0.3) is 16.5 Å². The van der Waals surface area contributed by atoms with Crippen molar-refractivity contribution >= 4 is 72.7 Å². The van der Waals surface area contributed by atoms with Gasteiger partial charge in [0, 0.05) is 48.5 Å². The molecule has 2 aliphatic carbocycles. The van der Waals surface area contributed by atoms with Crippen LogP contribution in [0.3, 0.4) is 0 Å².